The lowest BCUT2D eigenvalue weighted by Crippen LogP contribution is -2.40. The van der Waals surface area contributed by atoms with Gasteiger partial charge >= 0.3 is 5.97 Å². The maximum absolute atomic E-state index is 12.7. The van der Waals surface area contributed by atoms with Crippen LogP contribution in [0.5, 0.6) is 0 Å². The SMILES string of the molecule is CCOC(=O)c1nnsc1NC(=O)c1cc(S(=O)(=O)NC(C)(C)C)ccc1C. The van der Waals surface area contributed by atoms with Crippen LogP contribution in [0.4, 0.5) is 5.00 Å². The van der Waals surface area contributed by atoms with Gasteiger partial charge in [0.15, 0.2) is 5.00 Å². The summed E-state index contributed by atoms with van der Waals surface area (Å²) in [6.45, 7) is 8.65. The van der Waals surface area contributed by atoms with Crippen LogP contribution in [0.3, 0.4) is 0 Å². The van der Waals surface area contributed by atoms with Crippen LogP contribution in [0.2, 0.25) is 0 Å². The molecule has 28 heavy (non-hydrogen) atoms. The highest BCUT2D eigenvalue weighted by atomic mass is 32.2. The molecule has 0 bridgehead atoms. The average Bonchev–Trinajstić information content (AvgIpc) is 3.01. The first-order valence-corrected chi connectivity index (χ1v) is 10.7. The molecular weight excluding hydrogens is 404 g/mol. The molecule has 0 fully saturated rings. The largest absolute Gasteiger partial charge is 0.461 e. The molecular formula is C17H22N4O5S2. The van der Waals surface area contributed by atoms with Crippen LogP contribution < -0.4 is 10.0 Å². The lowest BCUT2D eigenvalue weighted by Gasteiger charge is -2.20. The minimum atomic E-state index is -3.81. The molecule has 9 nitrogen and oxygen atoms in total. The number of ether oxygens (including phenoxy) is 1. The number of rotatable bonds is 6. The van der Waals surface area contributed by atoms with E-state index >= 15 is 0 Å². The number of hydrogen-bond donors (Lipinski definition) is 2. The Labute approximate surface area is 167 Å². The van der Waals surface area contributed by atoms with E-state index in [1.807, 2.05) is 0 Å². The normalized spacial score (nSPS) is 11.9. The molecule has 0 aliphatic rings. The second-order valence-electron chi connectivity index (χ2n) is 6.96. The van der Waals surface area contributed by atoms with Gasteiger partial charge in [-0.15, -0.1) is 5.10 Å². The lowest BCUT2D eigenvalue weighted by molar-refractivity contribution is 0.0520. The molecule has 2 aromatic rings. The Morgan fingerprint density at radius 1 is 1.25 bits per heavy atom. The highest BCUT2D eigenvalue weighted by molar-refractivity contribution is 7.89. The molecule has 0 unspecified atom stereocenters. The van der Waals surface area contributed by atoms with E-state index in [0.717, 1.165) is 11.5 Å². The minimum Gasteiger partial charge on any atom is -0.461 e. The first-order chi connectivity index (χ1) is 12.9. The van der Waals surface area contributed by atoms with Gasteiger partial charge in [-0.05, 0) is 52.3 Å². The number of nitrogens with zero attached hydrogens (tertiary/aromatic N) is 2. The van der Waals surface area contributed by atoms with E-state index in [9.17, 15) is 18.0 Å². The maximum atomic E-state index is 12.7. The summed E-state index contributed by atoms with van der Waals surface area (Å²) in [5.41, 5.74) is -0.0481. The fourth-order valence-corrected chi connectivity index (χ4v) is 4.25. The van der Waals surface area contributed by atoms with E-state index in [1.54, 1.807) is 40.7 Å². The van der Waals surface area contributed by atoms with E-state index < -0.39 is 27.4 Å². The van der Waals surface area contributed by atoms with Crippen molar-refractivity contribution >= 4 is 38.4 Å². The Balaban J connectivity index is 2.33. The van der Waals surface area contributed by atoms with Gasteiger partial charge in [-0.25, -0.2) is 17.9 Å². The number of carbonyl (C=O) groups excluding carboxylic acids is 2. The smallest absolute Gasteiger partial charge is 0.362 e. The van der Waals surface area contributed by atoms with Crippen molar-refractivity contribution in [3.63, 3.8) is 0 Å². The van der Waals surface area contributed by atoms with Crippen LogP contribution >= 0.6 is 11.5 Å². The molecule has 1 heterocycles. The summed E-state index contributed by atoms with van der Waals surface area (Å²) in [5.74, 6) is -1.28. The van der Waals surface area contributed by atoms with Crippen molar-refractivity contribution in [2.75, 3.05) is 11.9 Å². The number of hydrogen-bond acceptors (Lipinski definition) is 8. The van der Waals surface area contributed by atoms with Crippen LogP contribution in [0, 0.1) is 6.92 Å². The zero-order chi connectivity index (χ0) is 21.1. The zero-order valence-electron chi connectivity index (χ0n) is 16.2. The molecule has 2 N–H and O–H groups in total. The van der Waals surface area contributed by atoms with Crippen molar-refractivity contribution in [1.82, 2.24) is 14.3 Å². The minimum absolute atomic E-state index is 0.0359. The van der Waals surface area contributed by atoms with E-state index in [-0.39, 0.29) is 27.8 Å². The standard InChI is InChI=1S/C17H22N4O5S2/c1-6-26-16(23)13-15(27-21-19-13)18-14(22)12-9-11(8-7-10(12)2)28(24,25)20-17(3,4)5/h7-9,20H,6H2,1-5H3,(H,18,22). The maximum Gasteiger partial charge on any atom is 0.362 e. The number of benzene rings is 1. The Hall–Kier alpha value is -2.37. The fraction of sp³-hybridized carbons (Fsp3) is 0.412. The second-order valence-corrected chi connectivity index (χ2v) is 9.39. The number of esters is 1. The van der Waals surface area contributed by atoms with Crippen LogP contribution in [0.25, 0.3) is 0 Å². The van der Waals surface area contributed by atoms with Gasteiger partial charge in [0, 0.05) is 22.6 Å². The van der Waals surface area contributed by atoms with Crippen molar-refractivity contribution in [3.05, 3.63) is 35.0 Å². The first-order valence-electron chi connectivity index (χ1n) is 8.40. The molecule has 2 rings (SSSR count). The van der Waals surface area contributed by atoms with Gasteiger partial charge in [0.1, 0.15) is 0 Å². The quantitative estimate of drug-likeness (QED) is 0.679. The molecule has 1 amide bonds. The number of aryl methyl sites for hydroxylation is 1. The number of nitrogens with one attached hydrogen (secondary N) is 2. The van der Waals surface area contributed by atoms with E-state index in [0.29, 0.717) is 5.56 Å². The molecule has 1 aromatic heterocycles. The number of carbonyl (C=O) groups is 2. The van der Waals surface area contributed by atoms with Crippen molar-refractivity contribution in [2.45, 2.75) is 45.1 Å². The Bertz CT molecular complexity index is 993. The first kappa shape index (κ1) is 21.9. The van der Waals surface area contributed by atoms with Gasteiger partial charge in [0.2, 0.25) is 15.7 Å². The van der Waals surface area contributed by atoms with Crippen LogP contribution in [-0.4, -0.2) is 42.0 Å². The Kier molecular flexibility index (Phi) is 6.52. The highest BCUT2D eigenvalue weighted by Gasteiger charge is 2.25. The summed E-state index contributed by atoms with van der Waals surface area (Å²) >= 11 is 0.826. The van der Waals surface area contributed by atoms with Gasteiger partial charge in [-0.1, -0.05) is 10.6 Å². The zero-order valence-corrected chi connectivity index (χ0v) is 17.8. The van der Waals surface area contributed by atoms with Crippen LogP contribution in [0.1, 0.15) is 54.1 Å². The Morgan fingerprint density at radius 2 is 1.93 bits per heavy atom. The van der Waals surface area contributed by atoms with Gasteiger partial charge in [0.05, 0.1) is 11.5 Å². The van der Waals surface area contributed by atoms with Gasteiger partial charge in [-0.2, -0.15) is 0 Å². The number of amides is 1. The molecule has 0 saturated heterocycles. The van der Waals surface area contributed by atoms with Crippen molar-refractivity contribution in [2.24, 2.45) is 0 Å². The predicted octanol–water partition coefficient (Wildman–Crippen LogP) is 2.35. The predicted molar refractivity (Wildman–Crippen MR) is 105 cm³/mol. The number of anilines is 1. The van der Waals surface area contributed by atoms with Crippen molar-refractivity contribution in [3.8, 4) is 0 Å². The summed E-state index contributed by atoms with van der Waals surface area (Å²) in [6, 6.07) is 4.26. The molecule has 0 spiro atoms. The number of sulfonamides is 1. The Morgan fingerprint density at radius 3 is 2.54 bits per heavy atom. The van der Waals surface area contributed by atoms with E-state index in [4.69, 9.17) is 4.74 Å². The molecule has 0 atom stereocenters. The summed E-state index contributed by atoms with van der Waals surface area (Å²) in [7, 11) is -3.81. The molecule has 0 saturated carbocycles. The summed E-state index contributed by atoms with van der Waals surface area (Å²) in [5, 5.41) is 6.36. The van der Waals surface area contributed by atoms with E-state index in [2.05, 4.69) is 19.6 Å². The summed E-state index contributed by atoms with van der Waals surface area (Å²) in [6.07, 6.45) is 0. The van der Waals surface area contributed by atoms with Gasteiger partial charge in [0.25, 0.3) is 5.91 Å². The third-order valence-electron chi connectivity index (χ3n) is 3.39. The summed E-state index contributed by atoms with van der Waals surface area (Å²) in [4.78, 5) is 24.5. The average molecular weight is 427 g/mol. The van der Waals surface area contributed by atoms with Gasteiger partial charge < -0.3 is 10.1 Å². The van der Waals surface area contributed by atoms with Gasteiger partial charge in [-0.3, -0.25) is 4.79 Å². The lowest BCUT2D eigenvalue weighted by atomic mass is 10.1. The summed E-state index contributed by atoms with van der Waals surface area (Å²) < 4.78 is 36.2. The fourth-order valence-electron chi connectivity index (χ4n) is 2.25. The third-order valence-corrected chi connectivity index (χ3v) is 5.79. The number of aromatic nitrogens is 2. The highest BCUT2D eigenvalue weighted by Crippen LogP contribution is 2.22. The van der Waals surface area contributed by atoms with Crippen LogP contribution in [-0.2, 0) is 14.8 Å². The molecule has 0 aliphatic carbocycles. The van der Waals surface area contributed by atoms with Crippen molar-refractivity contribution < 1.29 is 22.7 Å². The van der Waals surface area contributed by atoms with Crippen molar-refractivity contribution in [1.29, 1.82) is 0 Å². The van der Waals surface area contributed by atoms with Crippen LogP contribution in [0.15, 0.2) is 23.1 Å². The topological polar surface area (TPSA) is 127 Å². The molecule has 0 aliphatic heterocycles. The van der Waals surface area contributed by atoms with E-state index in [1.165, 1.54) is 12.1 Å². The molecule has 1 aromatic carbocycles. The molecule has 0 radical (unpaired) electrons. The second kappa shape index (κ2) is 8.33. The monoisotopic (exact) mass is 426 g/mol. The third kappa shape index (κ3) is 5.33. The molecule has 152 valence electrons. The molecule has 11 heteroatoms.